The first-order valence-corrected chi connectivity index (χ1v) is 9.40. The van der Waals surface area contributed by atoms with Crippen molar-refractivity contribution in [2.75, 3.05) is 6.54 Å². The number of hydrogen-bond donors (Lipinski definition) is 0. The summed E-state index contributed by atoms with van der Waals surface area (Å²) in [7, 11) is 0. The van der Waals surface area contributed by atoms with E-state index in [9.17, 15) is 9.59 Å². The smallest absolute Gasteiger partial charge is 0.194 e. The molecule has 0 amide bonds. The highest BCUT2D eigenvalue weighted by Crippen LogP contribution is 2.51. The van der Waals surface area contributed by atoms with Gasteiger partial charge in [-0.1, -0.05) is 84.9 Å². The first-order chi connectivity index (χ1) is 13.7. The van der Waals surface area contributed by atoms with E-state index in [0.29, 0.717) is 11.1 Å². The molecule has 0 N–H and O–H groups in total. The average molecular weight is 366 g/mol. The number of ketones is 2. The first kappa shape index (κ1) is 16.8. The van der Waals surface area contributed by atoms with Gasteiger partial charge in [0.15, 0.2) is 17.1 Å². The summed E-state index contributed by atoms with van der Waals surface area (Å²) in [6.45, 7) is 0.245. The van der Waals surface area contributed by atoms with Gasteiger partial charge >= 0.3 is 0 Å². The van der Waals surface area contributed by atoms with Gasteiger partial charge in [-0.15, -0.1) is 0 Å². The molecule has 0 saturated carbocycles. The van der Waals surface area contributed by atoms with Crippen molar-refractivity contribution in [3.8, 4) is 0 Å². The lowest BCUT2D eigenvalue weighted by Gasteiger charge is -2.40. The Labute approximate surface area is 162 Å². The molecular weight excluding hydrogens is 348 g/mol. The highest BCUT2D eigenvalue weighted by molar-refractivity contribution is 6.20. The lowest BCUT2D eigenvalue weighted by atomic mass is 9.60. The van der Waals surface area contributed by atoms with Gasteiger partial charge in [0.2, 0.25) is 0 Å². The summed E-state index contributed by atoms with van der Waals surface area (Å²) in [5.41, 5.74) is 1.61. The van der Waals surface area contributed by atoms with E-state index < -0.39 is 11.5 Å². The van der Waals surface area contributed by atoms with Gasteiger partial charge in [-0.25, -0.2) is 0 Å². The molecule has 1 aliphatic carbocycles. The Hall–Kier alpha value is -3.40. The summed E-state index contributed by atoms with van der Waals surface area (Å²) in [4.78, 5) is 27.2. The zero-order chi connectivity index (χ0) is 19.1. The molecule has 0 radical (unpaired) electrons. The normalized spacial score (nSPS) is 23.0. The molecule has 0 fully saturated rings. The maximum atomic E-state index is 13.8. The standard InChI is InChI=1S/C24H18N2O2/c27-22-18-13-7-8-14-19(18)23(28)24(20(22)15-25-26-24)21(16-9-3-1-4-10-16)17-11-5-2-6-12-17/h1-14,20-21H,15H2. The zero-order valence-electron chi connectivity index (χ0n) is 15.2. The summed E-state index contributed by atoms with van der Waals surface area (Å²) in [5.74, 6) is -1.13. The van der Waals surface area contributed by atoms with Crippen molar-refractivity contribution in [2.45, 2.75) is 11.5 Å². The van der Waals surface area contributed by atoms with Crippen molar-refractivity contribution in [1.29, 1.82) is 0 Å². The van der Waals surface area contributed by atoms with Crippen molar-refractivity contribution in [3.05, 3.63) is 107 Å². The molecule has 136 valence electrons. The molecule has 0 bridgehead atoms. The Balaban J connectivity index is 1.79. The van der Waals surface area contributed by atoms with Gasteiger partial charge in [0, 0.05) is 17.0 Å². The fourth-order valence-electron chi connectivity index (χ4n) is 4.62. The minimum Gasteiger partial charge on any atom is -0.294 e. The monoisotopic (exact) mass is 366 g/mol. The Morgan fingerprint density at radius 3 is 1.89 bits per heavy atom. The fraction of sp³-hybridized carbons (Fsp3) is 0.167. The van der Waals surface area contributed by atoms with E-state index in [1.807, 2.05) is 60.7 Å². The number of fused-ring (bicyclic) bond motifs is 2. The largest absolute Gasteiger partial charge is 0.294 e. The second-order valence-corrected chi connectivity index (χ2v) is 7.30. The molecule has 3 aromatic rings. The van der Waals surface area contributed by atoms with Crippen molar-refractivity contribution in [2.24, 2.45) is 16.1 Å². The lowest BCUT2D eigenvalue weighted by Crippen LogP contribution is -2.54. The number of hydrogen-bond acceptors (Lipinski definition) is 4. The number of carbonyl (C=O) groups is 2. The lowest BCUT2D eigenvalue weighted by molar-refractivity contribution is 0.0704. The van der Waals surface area contributed by atoms with Crippen LogP contribution in [0.25, 0.3) is 0 Å². The van der Waals surface area contributed by atoms with Gasteiger partial charge < -0.3 is 0 Å². The van der Waals surface area contributed by atoms with Gasteiger partial charge in [0.1, 0.15) is 0 Å². The van der Waals surface area contributed by atoms with Crippen molar-refractivity contribution < 1.29 is 9.59 Å². The Bertz CT molecular complexity index is 1050. The molecular formula is C24H18N2O2. The predicted molar refractivity (Wildman–Crippen MR) is 106 cm³/mol. The quantitative estimate of drug-likeness (QED) is 0.673. The molecule has 0 spiro atoms. The van der Waals surface area contributed by atoms with E-state index in [0.717, 1.165) is 11.1 Å². The molecule has 2 atom stereocenters. The molecule has 0 saturated heterocycles. The van der Waals surface area contributed by atoms with Crippen molar-refractivity contribution in [3.63, 3.8) is 0 Å². The molecule has 3 aromatic carbocycles. The van der Waals surface area contributed by atoms with Crippen LogP contribution in [0.15, 0.2) is 95.2 Å². The highest BCUT2D eigenvalue weighted by Gasteiger charge is 2.61. The number of nitrogens with zero attached hydrogens (tertiary/aromatic N) is 2. The number of rotatable bonds is 3. The maximum Gasteiger partial charge on any atom is 0.194 e. The van der Waals surface area contributed by atoms with E-state index in [4.69, 9.17) is 0 Å². The van der Waals surface area contributed by atoms with Crippen molar-refractivity contribution in [1.82, 2.24) is 0 Å². The van der Waals surface area contributed by atoms with E-state index in [-0.39, 0.29) is 24.0 Å². The van der Waals surface area contributed by atoms with E-state index in [1.54, 1.807) is 24.3 Å². The third-order valence-corrected chi connectivity index (χ3v) is 5.85. The van der Waals surface area contributed by atoms with Gasteiger partial charge in [-0.3, -0.25) is 9.59 Å². The summed E-state index contributed by atoms with van der Waals surface area (Å²) in [5, 5.41) is 8.77. The zero-order valence-corrected chi connectivity index (χ0v) is 15.2. The van der Waals surface area contributed by atoms with Crippen LogP contribution < -0.4 is 0 Å². The maximum absolute atomic E-state index is 13.8. The second kappa shape index (κ2) is 6.34. The molecule has 0 aromatic heterocycles. The Morgan fingerprint density at radius 2 is 1.29 bits per heavy atom. The summed E-state index contributed by atoms with van der Waals surface area (Å²) < 4.78 is 0. The minimum atomic E-state index is -1.24. The van der Waals surface area contributed by atoms with Crippen LogP contribution in [0.2, 0.25) is 0 Å². The third kappa shape index (κ3) is 2.24. The minimum absolute atomic E-state index is 0.0444. The molecule has 2 unspecified atom stereocenters. The SMILES string of the molecule is O=C1c2ccccc2C(=O)C2(C(c3ccccc3)c3ccccc3)N=NCC12. The third-order valence-electron chi connectivity index (χ3n) is 5.85. The topological polar surface area (TPSA) is 58.9 Å². The molecule has 2 aliphatic rings. The van der Waals surface area contributed by atoms with Crippen LogP contribution >= 0.6 is 0 Å². The molecule has 5 rings (SSSR count). The van der Waals surface area contributed by atoms with Gasteiger partial charge in [-0.2, -0.15) is 10.2 Å². The first-order valence-electron chi connectivity index (χ1n) is 9.40. The number of azo groups is 1. The molecule has 4 nitrogen and oxygen atoms in total. The highest BCUT2D eigenvalue weighted by atomic mass is 16.1. The van der Waals surface area contributed by atoms with Crippen LogP contribution in [0, 0.1) is 5.92 Å². The summed E-state index contributed by atoms with van der Waals surface area (Å²) >= 11 is 0. The van der Waals surface area contributed by atoms with Crippen LogP contribution in [0.5, 0.6) is 0 Å². The fourth-order valence-corrected chi connectivity index (χ4v) is 4.62. The van der Waals surface area contributed by atoms with E-state index >= 15 is 0 Å². The number of benzene rings is 3. The van der Waals surface area contributed by atoms with Crippen LogP contribution in [0.3, 0.4) is 0 Å². The number of Topliss-reactive ketones (excluding diaryl/α,β-unsaturated/α-hetero) is 2. The predicted octanol–water partition coefficient (Wildman–Crippen LogP) is 4.72. The average Bonchev–Trinajstić information content (AvgIpc) is 3.20. The van der Waals surface area contributed by atoms with Crippen LogP contribution in [0.1, 0.15) is 37.8 Å². The summed E-state index contributed by atoms with van der Waals surface area (Å²) in [6.07, 6.45) is 0. The summed E-state index contributed by atoms with van der Waals surface area (Å²) in [6, 6.07) is 26.7. The molecule has 1 heterocycles. The molecule has 28 heavy (non-hydrogen) atoms. The second-order valence-electron chi connectivity index (χ2n) is 7.30. The van der Waals surface area contributed by atoms with Gasteiger partial charge in [-0.05, 0) is 11.1 Å². The van der Waals surface area contributed by atoms with Gasteiger partial charge in [0.05, 0.1) is 12.5 Å². The van der Waals surface area contributed by atoms with Crippen LogP contribution in [0.4, 0.5) is 0 Å². The van der Waals surface area contributed by atoms with E-state index in [1.165, 1.54) is 0 Å². The Kier molecular flexibility index (Phi) is 3.79. The number of carbonyl (C=O) groups excluding carboxylic acids is 2. The van der Waals surface area contributed by atoms with Gasteiger partial charge in [0.25, 0.3) is 0 Å². The molecule has 1 aliphatic heterocycles. The van der Waals surface area contributed by atoms with Crippen molar-refractivity contribution >= 4 is 11.6 Å². The van der Waals surface area contributed by atoms with E-state index in [2.05, 4.69) is 10.2 Å². The van der Waals surface area contributed by atoms with Crippen LogP contribution in [-0.2, 0) is 0 Å². The molecule has 4 heteroatoms. The Morgan fingerprint density at radius 1 is 0.750 bits per heavy atom. The van der Waals surface area contributed by atoms with Crippen LogP contribution in [-0.4, -0.2) is 23.7 Å².